The van der Waals surface area contributed by atoms with Gasteiger partial charge in [-0.05, 0) is 19.8 Å². The lowest BCUT2D eigenvalue weighted by atomic mass is 10.3. The summed E-state index contributed by atoms with van der Waals surface area (Å²) in [7, 11) is 0. The van der Waals surface area contributed by atoms with Crippen molar-refractivity contribution < 1.29 is 4.74 Å². The number of epoxide rings is 1. The number of hydrogen-bond acceptors (Lipinski definition) is 1. The van der Waals surface area contributed by atoms with Crippen LogP contribution in [0.5, 0.6) is 0 Å². The third kappa shape index (κ3) is 0.178. The fourth-order valence-corrected chi connectivity index (χ4v) is 0.966. The molecule has 2 rings (SSSR count). The lowest BCUT2D eigenvalue weighted by molar-refractivity contribution is 0.371. The van der Waals surface area contributed by atoms with Gasteiger partial charge in [0.25, 0.3) is 0 Å². The molecule has 0 N–H and O–H groups in total. The summed E-state index contributed by atoms with van der Waals surface area (Å²) in [5.74, 6) is 0. The molecule has 0 aromatic carbocycles. The molecule has 1 heteroatoms. The third-order valence-corrected chi connectivity index (χ3v) is 1.84. The second-order valence-corrected chi connectivity index (χ2v) is 2.32. The van der Waals surface area contributed by atoms with Crippen LogP contribution in [-0.2, 0) is 4.74 Å². The van der Waals surface area contributed by atoms with E-state index in [9.17, 15) is 0 Å². The standard InChI is InChI=1S/C5H8O/c1-4-5(6-4)2-3-5/h4H,2-3H2,1H3. The third-order valence-electron chi connectivity index (χ3n) is 1.84. The molecule has 1 atom stereocenters. The molecule has 6 heavy (non-hydrogen) atoms. The van der Waals surface area contributed by atoms with Crippen molar-refractivity contribution in [3.05, 3.63) is 0 Å². The lowest BCUT2D eigenvalue weighted by Gasteiger charge is -1.62. The molecular weight excluding hydrogens is 76.1 g/mol. The van der Waals surface area contributed by atoms with Crippen molar-refractivity contribution in [2.75, 3.05) is 0 Å². The zero-order valence-electron chi connectivity index (χ0n) is 3.90. The highest BCUT2D eigenvalue weighted by Gasteiger charge is 2.62. The van der Waals surface area contributed by atoms with Gasteiger partial charge in [0, 0.05) is 0 Å². The Morgan fingerprint density at radius 3 is 2.17 bits per heavy atom. The molecular formula is C5H8O. The van der Waals surface area contributed by atoms with Crippen molar-refractivity contribution in [1.82, 2.24) is 0 Å². The maximum atomic E-state index is 5.22. The summed E-state index contributed by atoms with van der Waals surface area (Å²) in [5, 5.41) is 0. The zero-order chi connectivity index (χ0) is 4.20. The maximum absolute atomic E-state index is 5.22. The fourth-order valence-electron chi connectivity index (χ4n) is 0.966. The van der Waals surface area contributed by atoms with Crippen molar-refractivity contribution in [3.8, 4) is 0 Å². The summed E-state index contributed by atoms with van der Waals surface area (Å²) in [5.41, 5.74) is 0.458. The Hall–Kier alpha value is -0.0400. The molecule has 1 heterocycles. The highest BCUT2D eigenvalue weighted by Crippen LogP contribution is 2.56. The van der Waals surface area contributed by atoms with Crippen LogP contribution in [0.3, 0.4) is 0 Å². The quantitative estimate of drug-likeness (QED) is 0.398. The molecule has 0 bridgehead atoms. The van der Waals surface area contributed by atoms with E-state index in [-0.39, 0.29) is 0 Å². The molecule has 2 aliphatic rings. The molecule has 1 saturated carbocycles. The zero-order valence-corrected chi connectivity index (χ0v) is 3.90. The van der Waals surface area contributed by atoms with Crippen LogP contribution in [0.4, 0.5) is 0 Å². The van der Waals surface area contributed by atoms with Gasteiger partial charge in [0.1, 0.15) is 0 Å². The van der Waals surface area contributed by atoms with Gasteiger partial charge in [-0.1, -0.05) is 0 Å². The SMILES string of the molecule is CC1OC12CC2. The largest absolute Gasteiger partial charge is 0.366 e. The highest BCUT2D eigenvalue weighted by molar-refractivity contribution is 5.11. The van der Waals surface area contributed by atoms with Gasteiger partial charge < -0.3 is 4.74 Å². The van der Waals surface area contributed by atoms with Crippen LogP contribution < -0.4 is 0 Å². The second-order valence-electron chi connectivity index (χ2n) is 2.32. The first-order chi connectivity index (χ1) is 2.83. The van der Waals surface area contributed by atoms with E-state index >= 15 is 0 Å². The molecule has 0 aromatic rings. The van der Waals surface area contributed by atoms with Gasteiger partial charge in [0.15, 0.2) is 0 Å². The van der Waals surface area contributed by atoms with E-state index in [0.29, 0.717) is 11.7 Å². The Bertz CT molecular complexity index is 83.9. The summed E-state index contributed by atoms with van der Waals surface area (Å²) < 4.78 is 5.22. The van der Waals surface area contributed by atoms with E-state index in [2.05, 4.69) is 6.92 Å². The number of ether oxygens (including phenoxy) is 1. The maximum Gasteiger partial charge on any atom is 0.0947 e. The van der Waals surface area contributed by atoms with Crippen LogP contribution in [-0.4, -0.2) is 11.7 Å². The molecule has 1 aliphatic carbocycles. The Labute approximate surface area is 37.3 Å². The minimum Gasteiger partial charge on any atom is -0.366 e. The van der Waals surface area contributed by atoms with E-state index in [1.165, 1.54) is 12.8 Å². The van der Waals surface area contributed by atoms with Crippen molar-refractivity contribution in [2.45, 2.75) is 31.5 Å². The minimum absolute atomic E-state index is 0.458. The summed E-state index contributed by atoms with van der Waals surface area (Å²) in [4.78, 5) is 0. The van der Waals surface area contributed by atoms with Crippen LogP contribution in [0, 0.1) is 0 Å². The Morgan fingerprint density at radius 1 is 1.67 bits per heavy atom. The lowest BCUT2D eigenvalue weighted by Crippen LogP contribution is -1.81. The minimum atomic E-state index is 0.458. The molecule has 34 valence electrons. The fraction of sp³-hybridized carbons (Fsp3) is 1.00. The van der Waals surface area contributed by atoms with Gasteiger partial charge in [-0.2, -0.15) is 0 Å². The average molecular weight is 84.1 g/mol. The molecule has 1 aliphatic heterocycles. The molecule has 1 saturated heterocycles. The van der Waals surface area contributed by atoms with E-state index in [4.69, 9.17) is 4.74 Å². The van der Waals surface area contributed by atoms with E-state index in [1.54, 1.807) is 0 Å². The van der Waals surface area contributed by atoms with Crippen molar-refractivity contribution in [1.29, 1.82) is 0 Å². The van der Waals surface area contributed by atoms with Gasteiger partial charge in [0.05, 0.1) is 11.7 Å². The smallest absolute Gasteiger partial charge is 0.0947 e. The first kappa shape index (κ1) is 3.03. The molecule has 0 radical (unpaired) electrons. The van der Waals surface area contributed by atoms with Gasteiger partial charge >= 0.3 is 0 Å². The molecule has 0 aromatic heterocycles. The van der Waals surface area contributed by atoms with Crippen LogP contribution in [0.1, 0.15) is 19.8 Å². The van der Waals surface area contributed by atoms with Gasteiger partial charge in [-0.3, -0.25) is 0 Å². The predicted molar refractivity (Wildman–Crippen MR) is 22.5 cm³/mol. The molecule has 1 nitrogen and oxygen atoms in total. The molecule has 2 fully saturated rings. The first-order valence-electron chi connectivity index (χ1n) is 2.51. The number of hydrogen-bond donors (Lipinski definition) is 0. The normalized spacial score (nSPS) is 46.5. The van der Waals surface area contributed by atoms with Crippen molar-refractivity contribution >= 4 is 0 Å². The predicted octanol–water partition coefficient (Wildman–Crippen LogP) is 0.938. The molecule has 1 unspecified atom stereocenters. The Balaban J connectivity index is 2.17. The van der Waals surface area contributed by atoms with Gasteiger partial charge in [0.2, 0.25) is 0 Å². The first-order valence-corrected chi connectivity index (χ1v) is 2.51. The number of rotatable bonds is 0. The Morgan fingerprint density at radius 2 is 2.17 bits per heavy atom. The van der Waals surface area contributed by atoms with E-state index < -0.39 is 0 Å². The highest BCUT2D eigenvalue weighted by atomic mass is 16.6. The average Bonchev–Trinajstić information content (AvgIpc) is 2.25. The van der Waals surface area contributed by atoms with Crippen LogP contribution >= 0.6 is 0 Å². The van der Waals surface area contributed by atoms with E-state index in [1.807, 2.05) is 0 Å². The summed E-state index contributed by atoms with van der Waals surface area (Å²) >= 11 is 0. The second kappa shape index (κ2) is 0.544. The Kier molecular flexibility index (Phi) is 0.274. The van der Waals surface area contributed by atoms with Gasteiger partial charge in [-0.25, -0.2) is 0 Å². The van der Waals surface area contributed by atoms with Crippen molar-refractivity contribution in [2.24, 2.45) is 0 Å². The molecule has 1 spiro atoms. The summed E-state index contributed by atoms with van der Waals surface area (Å²) in [6, 6.07) is 0. The topological polar surface area (TPSA) is 12.5 Å². The summed E-state index contributed by atoms with van der Waals surface area (Å²) in [6.45, 7) is 2.15. The van der Waals surface area contributed by atoms with Crippen LogP contribution in [0.2, 0.25) is 0 Å². The van der Waals surface area contributed by atoms with Gasteiger partial charge in [-0.15, -0.1) is 0 Å². The van der Waals surface area contributed by atoms with Crippen molar-refractivity contribution in [3.63, 3.8) is 0 Å². The summed E-state index contributed by atoms with van der Waals surface area (Å²) in [6.07, 6.45) is 3.26. The monoisotopic (exact) mass is 84.1 g/mol. The van der Waals surface area contributed by atoms with Crippen LogP contribution in [0.15, 0.2) is 0 Å². The van der Waals surface area contributed by atoms with Crippen LogP contribution in [0.25, 0.3) is 0 Å². The molecule has 0 amide bonds. The van der Waals surface area contributed by atoms with E-state index in [0.717, 1.165) is 0 Å².